The van der Waals surface area contributed by atoms with Gasteiger partial charge in [-0.2, -0.15) is 0 Å². The number of hydrogen-bond acceptors (Lipinski definition) is 0. The Bertz CT molecular complexity index is 259. The normalized spacial score (nSPS) is 11.7. The summed E-state index contributed by atoms with van der Waals surface area (Å²) in [5.74, 6) is 0. The van der Waals surface area contributed by atoms with Gasteiger partial charge in [0.25, 0.3) is 0 Å². The van der Waals surface area contributed by atoms with Crippen LogP contribution in [0.3, 0.4) is 0 Å². The van der Waals surface area contributed by atoms with Crippen molar-refractivity contribution < 1.29 is 0 Å². The van der Waals surface area contributed by atoms with E-state index in [1.165, 1.54) is 96.3 Å². The molecule has 0 spiro atoms. The number of rotatable bonds is 17. The van der Waals surface area contributed by atoms with Crippen LogP contribution in [0.15, 0.2) is 37.0 Å². The predicted octanol–water partition coefficient (Wildman–Crippen LogP) is 8.16. The first kappa shape index (κ1) is 21.2. The SMILES string of the molecule is C=CCCCCCC/C=C/CCCCCC/C=C/CCCC. The van der Waals surface area contributed by atoms with Gasteiger partial charge in [0.15, 0.2) is 0 Å². The van der Waals surface area contributed by atoms with Crippen LogP contribution < -0.4 is 0 Å². The fourth-order valence-corrected chi connectivity index (χ4v) is 2.58. The van der Waals surface area contributed by atoms with Crippen LogP contribution >= 0.6 is 0 Å². The molecule has 0 heterocycles. The summed E-state index contributed by atoms with van der Waals surface area (Å²) in [5.41, 5.74) is 0. The molecule has 0 heteroatoms. The molecule has 0 bridgehead atoms. The van der Waals surface area contributed by atoms with Crippen LogP contribution in [-0.4, -0.2) is 0 Å². The van der Waals surface area contributed by atoms with Crippen molar-refractivity contribution in [1.82, 2.24) is 0 Å². The summed E-state index contributed by atoms with van der Waals surface area (Å²) in [6, 6.07) is 0. The predicted molar refractivity (Wildman–Crippen MR) is 103 cm³/mol. The topological polar surface area (TPSA) is 0 Å². The largest absolute Gasteiger partial charge is 0.103 e. The minimum absolute atomic E-state index is 1.18. The summed E-state index contributed by atoms with van der Waals surface area (Å²) in [4.78, 5) is 0. The van der Waals surface area contributed by atoms with Gasteiger partial charge < -0.3 is 0 Å². The second kappa shape index (κ2) is 20.2. The highest BCUT2D eigenvalue weighted by Crippen LogP contribution is 2.09. The summed E-state index contributed by atoms with van der Waals surface area (Å²) < 4.78 is 0. The fraction of sp³-hybridized carbons (Fsp3) is 0.727. The van der Waals surface area contributed by atoms with E-state index in [-0.39, 0.29) is 0 Å². The van der Waals surface area contributed by atoms with Crippen molar-refractivity contribution in [2.24, 2.45) is 0 Å². The van der Waals surface area contributed by atoms with Gasteiger partial charge in [0.1, 0.15) is 0 Å². The first-order chi connectivity index (χ1) is 10.9. The Morgan fingerprint density at radius 1 is 0.500 bits per heavy atom. The highest BCUT2D eigenvalue weighted by molar-refractivity contribution is 4.82. The van der Waals surface area contributed by atoms with Crippen LogP contribution in [0.25, 0.3) is 0 Å². The highest BCUT2D eigenvalue weighted by Gasteiger charge is 1.89. The maximum absolute atomic E-state index is 3.76. The average molecular weight is 305 g/mol. The molecule has 0 atom stereocenters. The van der Waals surface area contributed by atoms with E-state index in [9.17, 15) is 0 Å². The van der Waals surface area contributed by atoms with Gasteiger partial charge in [-0.1, -0.05) is 75.8 Å². The van der Waals surface area contributed by atoms with Crippen molar-refractivity contribution >= 4 is 0 Å². The van der Waals surface area contributed by atoms with Gasteiger partial charge in [0.05, 0.1) is 0 Å². The maximum atomic E-state index is 3.76. The smallest absolute Gasteiger partial charge is 0.0351 e. The van der Waals surface area contributed by atoms with Crippen molar-refractivity contribution in [3.63, 3.8) is 0 Å². The van der Waals surface area contributed by atoms with Gasteiger partial charge in [0, 0.05) is 0 Å². The quantitative estimate of drug-likeness (QED) is 0.188. The molecule has 0 aromatic carbocycles. The second-order valence-corrected chi connectivity index (χ2v) is 6.36. The average Bonchev–Trinajstić information content (AvgIpc) is 2.54. The number of hydrogen-bond donors (Lipinski definition) is 0. The zero-order valence-electron chi connectivity index (χ0n) is 15.2. The molecule has 0 fully saturated rings. The van der Waals surface area contributed by atoms with Crippen molar-refractivity contribution in [2.75, 3.05) is 0 Å². The van der Waals surface area contributed by atoms with E-state index in [2.05, 4.69) is 37.8 Å². The first-order valence-corrected chi connectivity index (χ1v) is 9.82. The van der Waals surface area contributed by atoms with Gasteiger partial charge in [-0.3, -0.25) is 0 Å². The van der Waals surface area contributed by atoms with Crippen LogP contribution in [0.1, 0.15) is 103 Å². The van der Waals surface area contributed by atoms with Crippen LogP contribution in [0, 0.1) is 0 Å². The van der Waals surface area contributed by atoms with Gasteiger partial charge >= 0.3 is 0 Å². The number of unbranched alkanes of at least 4 members (excludes halogenated alkanes) is 12. The Morgan fingerprint density at radius 2 is 0.864 bits per heavy atom. The molecule has 0 amide bonds. The monoisotopic (exact) mass is 304 g/mol. The molecule has 0 radical (unpaired) electrons. The zero-order valence-corrected chi connectivity index (χ0v) is 15.2. The summed E-state index contributed by atoms with van der Waals surface area (Å²) in [6.45, 7) is 6.02. The molecule has 0 unspecified atom stereocenters. The van der Waals surface area contributed by atoms with E-state index in [4.69, 9.17) is 0 Å². The molecule has 0 saturated heterocycles. The molecular weight excluding hydrogens is 264 g/mol. The molecule has 0 rings (SSSR count). The van der Waals surface area contributed by atoms with Gasteiger partial charge in [-0.05, 0) is 57.8 Å². The van der Waals surface area contributed by atoms with E-state index in [1.54, 1.807) is 0 Å². The van der Waals surface area contributed by atoms with Crippen molar-refractivity contribution in [3.05, 3.63) is 37.0 Å². The van der Waals surface area contributed by atoms with Crippen LogP contribution in [0.4, 0.5) is 0 Å². The molecule has 0 N–H and O–H groups in total. The summed E-state index contributed by atoms with van der Waals surface area (Å²) in [7, 11) is 0. The molecule has 0 nitrogen and oxygen atoms in total. The summed E-state index contributed by atoms with van der Waals surface area (Å²) in [5, 5.41) is 0. The maximum Gasteiger partial charge on any atom is -0.0351 e. The van der Waals surface area contributed by atoms with Crippen LogP contribution in [-0.2, 0) is 0 Å². The minimum Gasteiger partial charge on any atom is -0.103 e. The summed E-state index contributed by atoms with van der Waals surface area (Å²) in [6.07, 6.45) is 31.5. The number of allylic oxidation sites excluding steroid dienone is 5. The van der Waals surface area contributed by atoms with Crippen LogP contribution in [0.5, 0.6) is 0 Å². The molecule has 128 valence electrons. The van der Waals surface area contributed by atoms with E-state index in [1.807, 2.05) is 6.08 Å². The lowest BCUT2D eigenvalue weighted by molar-refractivity contribution is 0.644. The molecule has 0 aliphatic carbocycles. The van der Waals surface area contributed by atoms with E-state index < -0.39 is 0 Å². The van der Waals surface area contributed by atoms with Crippen LogP contribution in [0.2, 0.25) is 0 Å². The van der Waals surface area contributed by atoms with Crippen molar-refractivity contribution in [2.45, 2.75) is 103 Å². The van der Waals surface area contributed by atoms with E-state index >= 15 is 0 Å². The van der Waals surface area contributed by atoms with E-state index in [0.717, 1.165) is 0 Å². The fourth-order valence-electron chi connectivity index (χ4n) is 2.58. The lowest BCUT2D eigenvalue weighted by Crippen LogP contribution is -1.78. The molecular formula is C22H40. The van der Waals surface area contributed by atoms with E-state index in [0.29, 0.717) is 0 Å². The Kier molecular flexibility index (Phi) is 19.5. The molecule has 0 aliphatic rings. The summed E-state index contributed by atoms with van der Waals surface area (Å²) >= 11 is 0. The Hall–Kier alpha value is -0.780. The third kappa shape index (κ3) is 19.2. The molecule has 0 saturated carbocycles. The lowest BCUT2D eigenvalue weighted by Gasteiger charge is -1.98. The third-order valence-corrected chi connectivity index (χ3v) is 4.08. The second-order valence-electron chi connectivity index (χ2n) is 6.36. The van der Waals surface area contributed by atoms with Crippen molar-refractivity contribution in [3.8, 4) is 0 Å². The molecule has 22 heavy (non-hydrogen) atoms. The molecule has 0 aromatic rings. The highest BCUT2D eigenvalue weighted by atomic mass is 14.0. The van der Waals surface area contributed by atoms with Gasteiger partial charge in [0.2, 0.25) is 0 Å². The zero-order chi connectivity index (χ0) is 16.1. The standard InChI is InChI=1S/C22H40/c1-3-5-7-9-11-13-15-17-19-21-22-20-18-16-14-12-10-8-6-4-2/h3,10,12,17,19H,1,4-9,11,13-16,18,20-22H2,2H3/b12-10+,19-17+. The third-order valence-electron chi connectivity index (χ3n) is 4.08. The minimum atomic E-state index is 1.18. The van der Waals surface area contributed by atoms with Gasteiger partial charge in [-0.25, -0.2) is 0 Å². The van der Waals surface area contributed by atoms with Gasteiger partial charge in [-0.15, -0.1) is 6.58 Å². The molecule has 0 aromatic heterocycles. The molecule has 0 aliphatic heterocycles. The van der Waals surface area contributed by atoms with Crippen molar-refractivity contribution in [1.29, 1.82) is 0 Å². The Morgan fingerprint density at radius 3 is 1.23 bits per heavy atom. The Balaban J connectivity index is 3.11. The Labute approximate surface area is 140 Å². The lowest BCUT2D eigenvalue weighted by atomic mass is 10.1. The first-order valence-electron chi connectivity index (χ1n) is 9.82.